The molecular weight excluding hydrogens is 472 g/mol. The number of hydrogen-bond donors (Lipinski definition) is 0. The van der Waals surface area contributed by atoms with E-state index in [0.29, 0.717) is 0 Å². The minimum Gasteiger partial charge on any atom is -0.309 e. The second-order valence-corrected chi connectivity index (χ2v) is 10.0. The van der Waals surface area contributed by atoms with Crippen LogP contribution in [0.5, 0.6) is 0 Å². The lowest BCUT2D eigenvalue weighted by Gasteiger charge is -2.13. The Morgan fingerprint density at radius 3 is 2.00 bits per heavy atom. The Labute approximate surface area is 227 Å². The van der Waals surface area contributed by atoms with Crippen molar-refractivity contribution in [3.8, 4) is 34.3 Å². The van der Waals surface area contributed by atoms with Crippen LogP contribution < -0.4 is 0 Å². The second-order valence-electron chi connectivity index (χ2n) is 10.0. The molecule has 2 nitrogen and oxygen atoms in total. The molecule has 7 aromatic rings. The Balaban J connectivity index is 1.42. The van der Waals surface area contributed by atoms with E-state index in [9.17, 15) is 0 Å². The quantitative estimate of drug-likeness (QED) is 0.216. The van der Waals surface area contributed by atoms with E-state index in [-0.39, 0.29) is 0 Å². The van der Waals surface area contributed by atoms with E-state index in [1.54, 1.807) is 0 Å². The predicted octanol–water partition coefficient (Wildman–Crippen LogP) is 8.97. The van der Waals surface area contributed by atoms with Gasteiger partial charge in [0.05, 0.1) is 22.2 Å². The summed E-state index contributed by atoms with van der Waals surface area (Å²) >= 11 is 0. The van der Waals surface area contributed by atoms with Gasteiger partial charge >= 0.3 is 0 Å². The predicted molar refractivity (Wildman–Crippen MR) is 164 cm³/mol. The summed E-state index contributed by atoms with van der Waals surface area (Å²) in [5, 5.41) is 3.79. The van der Waals surface area contributed by atoms with Crippen molar-refractivity contribution in [1.82, 2.24) is 9.13 Å². The third kappa shape index (κ3) is 3.38. The number of para-hydroxylation sites is 2. The molecule has 0 N–H and O–H groups in total. The van der Waals surface area contributed by atoms with Crippen molar-refractivity contribution in [2.75, 3.05) is 0 Å². The van der Waals surface area contributed by atoms with E-state index in [4.69, 9.17) is 0 Å². The summed E-state index contributed by atoms with van der Waals surface area (Å²) in [6.45, 7) is 0. The molecule has 1 aliphatic carbocycles. The molecular formula is C37H24N2. The Bertz CT molecular complexity index is 2090. The minimum atomic E-state index is 0.735. The van der Waals surface area contributed by atoms with E-state index < -0.39 is 0 Å². The number of benzene rings is 5. The van der Waals surface area contributed by atoms with Gasteiger partial charge in [-0.3, -0.25) is 0 Å². The Kier molecular flexibility index (Phi) is 4.83. The number of hydrogen-bond acceptors (Lipinski definition) is 0. The van der Waals surface area contributed by atoms with Gasteiger partial charge in [-0.2, -0.15) is 0 Å². The molecule has 0 spiro atoms. The molecule has 0 radical (unpaired) electrons. The third-order valence-corrected chi connectivity index (χ3v) is 7.84. The molecule has 0 atom stereocenters. The van der Waals surface area contributed by atoms with Gasteiger partial charge in [-0.25, -0.2) is 0 Å². The number of fused-ring (bicyclic) bond motifs is 6. The lowest BCUT2D eigenvalue weighted by Crippen LogP contribution is -1.99. The molecule has 2 aromatic heterocycles. The zero-order valence-corrected chi connectivity index (χ0v) is 21.3. The summed E-state index contributed by atoms with van der Waals surface area (Å²) in [6, 6.07) is 43.7. The average molecular weight is 497 g/mol. The molecule has 0 unspecified atom stereocenters. The van der Waals surface area contributed by atoms with Gasteiger partial charge in [0.15, 0.2) is 0 Å². The lowest BCUT2D eigenvalue weighted by molar-refractivity contribution is 1.09. The van der Waals surface area contributed by atoms with E-state index >= 15 is 0 Å². The van der Waals surface area contributed by atoms with Crippen molar-refractivity contribution in [3.05, 3.63) is 139 Å². The van der Waals surface area contributed by atoms with Crippen LogP contribution >= 0.6 is 0 Å². The number of aromatic nitrogens is 2. The van der Waals surface area contributed by atoms with Gasteiger partial charge in [0, 0.05) is 34.0 Å². The number of nitrogens with zero attached hydrogens (tertiary/aromatic N) is 2. The molecule has 0 aliphatic heterocycles. The van der Waals surface area contributed by atoms with Crippen LogP contribution in [-0.4, -0.2) is 9.13 Å². The molecule has 0 amide bonds. The molecule has 0 saturated heterocycles. The van der Waals surface area contributed by atoms with E-state index in [1.165, 1.54) is 55.1 Å². The first-order valence-electron chi connectivity index (χ1n) is 13.3. The maximum atomic E-state index is 3.33. The maximum Gasteiger partial charge on any atom is 0.0558 e. The van der Waals surface area contributed by atoms with Crippen LogP contribution in [0.15, 0.2) is 127 Å². The summed E-state index contributed by atoms with van der Waals surface area (Å²) in [7, 11) is 0. The zero-order valence-electron chi connectivity index (χ0n) is 21.3. The summed E-state index contributed by atoms with van der Waals surface area (Å²) < 4.78 is 4.79. The summed E-state index contributed by atoms with van der Waals surface area (Å²) in [5.41, 5.74) is 10.8. The number of rotatable bonds is 3. The Morgan fingerprint density at radius 1 is 0.513 bits per heavy atom. The fraction of sp³-hybridized carbons (Fsp3) is 0.0270. The highest BCUT2D eigenvalue weighted by molar-refractivity contribution is 6.09. The van der Waals surface area contributed by atoms with Gasteiger partial charge in [0.1, 0.15) is 0 Å². The molecule has 0 fully saturated rings. The van der Waals surface area contributed by atoms with E-state index in [1.807, 2.05) is 6.08 Å². The topological polar surface area (TPSA) is 9.86 Å². The molecule has 2 heteroatoms. The van der Waals surface area contributed by atoms with E-state index in [0.717, 1.165) is 17.8 Å². The van der Waals surface area contributed by atoms with Crippen molar-refractivity contribution in [2.24, 2.45) is 0 Å². The minimum absolute atomic E-state index is 0.735. The van der Waals surface area contributed by atoms with Crippen molar-refractivity contribution in [2.45, 2.75) is 6.42 Å². The fourth-order valence-corrected chi connectivity index (χ4v) is 6.12. The van der Waals surface area contributed by atoms with Crippen LogP contribution in [0.3, 0.4) is 0 Å². The van der Waals surface area contributed by atoms with Gasteiger partial charge in [-0.15, -0.1) is 0 Å². The van der Waals surface area contributed by atoms with Crippen molar-refractivity contribution < 1.29 is 0 Å². The van der Waals surface area contributed by atoms with E-state index in [2.05, 4.69) is 148 Å². The molecule has 2 heterocycles. The van der Waals surface area contributed by atoms with Gasteiger partial charge in [-0.1, -0.05) is 96.8 Å². The molecule has 0 saturated carbocycles. The molecule has 0 bridgehead atoms. The first-order valence-corrected chi connectivity index (χ1v) is 13.3. The van der Waals surface area contributed by atoms with Gasteiger partial charge in [0.25, 0.3) is 0 Å². The van der Waals surface area contributed by atoms with Crippen molar-refractivity contribution in [3.63, 3.8) is 0 Å². The molecule has 5 aromatic carbocycles. The zero-order chi connectivity index (χ0) is 25.8. The standard InChI is InChI=1S/C37H24N2/c1-3-12-26(13-4-1)27-14-11-15-28(24-27)39-36-19-6-2-5-16-32(36)33-23-22-29(25-37(33)39)38-34-20-9-7-17-30(34)31-18-8-10-21-35(31)38/h1,3-4,6-15,17-25H,16H2. The van der Waals surface area contributed by atoms with Crippen LogP contribution in [0.2, 0.25) is 0 Å². The smallest absolute Gasteiger partial charge is 0.0558 e. The van der Waals surface area contributed by atoms with Crippen LogP contribution in [0, 0.1) is 11.8 Å². The highest BCUT2D eigenvalue weighted by atomic mass is 15.0. The third-order valence-electron chi connectivity index (χ3n) is 7.84. The van der Waals surface area contributed by atoms with Gasteiger partial charge in [-0.05, 0) is 65.2 Å². The van der Waals surface area contributed by atoms with Crippen LogP contribution in [-0.2, 0) is 6.42 Å². The van der Waals surface area contributed by atoms with Gasteiger partial charge < -0.3 is 9.13 Å². The van der Waals surface area contributed by atoms with Gasteiger partial charge in [0.2, 0.25) is 0 Å². The second kappa shape index (κ2) is 8.65. The first-order chi connectivity index (χ1) is 19.4. The van der Waals surface area contributed by atoms with Crippen molar-refractivity contribution >= 4 is 38.8 Å². The fourth-order valence-electron chi connectivity index (χ4n) is 6.12. The Morgan fingerprint density at radius 2 is 1.21 bits per heavy atom. The molecule has 8 rings (SSSR count). The summed E-state index contributed by atoms with van der Waals surface area (Å²) in [5.74, 6) is 6.52. The maximum absolute atomic E-state index is 3.33. The molecule has 39 heavy (non-hydrogen) atoms. The Hall–Kier alpha value is -5.26. The highest BCUT2D eigenvalue weighted by Crippen LogP contribution is 2.37. The highest BCUT2D eigenvalue weighted by Gasteiger charge is 2.19. The average Bonchev–Trinajstić information content (AvgIpc) is 3.38. The first kappa shape index (κ1) is 21.8. The largest absolute Gasteiger partial charge is 0.309 e. The van der Waals surface area contributed by atoms with Crippen molar-refractivity contribution in [1.29, 1.82) is 0 Å². The summed E-state index contributed by atoms with van der Waals surface area (Å²) in [6.07, 6.45) is 4.89. The number of allylic oxidation sites excluding steroid dienone is 1. The summed E-state index contributed by atoms with van der Waals surface area (Å²) in [4.78, 5) is 0. The monoisotopic (exact) mass is 496 g/mol. The normalized spacial score (nSPS) is 12.4. The van der Waals surface area contributed by atoms with Crippen LogP contribution in [0.1, 0.15) is 11.3 Å². The SMILES string of the molecule is C1#CCc2c(n(-c3cccc(-c4ccccc4)c3)c3cc(-n4c5ccccc5c5ccccc54)ccc23)C=C1. The lowest BCUT2D eigenvalue weighted by atomic mass is 10.1. The molecule has 1 aliphatic rings. The van der Waals surface area contributed by atoms with Crippen LogP contribution in [0.4, 0.5) is 0 Å². The van der Waals surface area contributed by atoms with Crippen LogP contribution in [0.25, 0.3) is 61.3 Å². The molecule has 182 valence electrons.